The minimum Gasteiger partial charge on any atom is -0.381 e. The second-order valence-electron chi connectivity index (χ2n) is 4.10. The van der Waals surface area contributed by atoms with Crippen LogP contribution in [0, 0.1) is 0 Å². The highest BCUT2D eigenvalue weighted by atomic mass is 16.3. The summed E-state index contributed by atoms with van der Waals surface area (Å²) in [5, 5.41) is 17.6. The smallest absolute Gasteiger partial charge is 0.131 e. The van der Waals surface area contributed by atoms with Crippen LogP contribution in [0.25, 0.3) is 5.69 Å². The van der Waals surface area contributed by atoms with Gasteiger partial charge in [0.1, 0.15) is 5.60 Å². The van der Waals surface area contributed by atoms with Crippen LogP contribution in [0.2, 0.25) is 0 Å². The topological polar surface area (TPSA) is 50.1 Å². The van der Waals surface area contributed by atoms with Gasteiger partial charge in [0, 0.05) is 19.3 Å². The van der Waals surface area contributed by atoms with Crippen molar-refractivity contribution < 1.29 is 5.11 Å². The van der Waals surface area contributed by atoms with E-state index in [0.717, 1.165) is 11.4 Å². The number of para-hydroxylation sites is 1. The van der Waals surface area contributed by atoms with Gasteiger partial charge in [0.15, 0.2) is 0 Å². The van der Waals surface area contributed by atoms with Crippen molar-refractivity contribution in [1.29, 1.82) is 0 Å². The van der Waals surface area contributed by atoms with Gasteiger partial charge in [0.05, 0.1) is 11.4 Å². The van der Waals surface area contributed by atoms with E-state index in [1.807, 2.05) is 36.4 Å². The second-order valence-corrected chi connectivity index (χ2v) is 4.10. The van der Waals surface area contributed by atoms with E-state index in [-0.39, 0.29) is 0 Å². The molecule has 0 spiro atoms. The van der Waals surface area contributed by atoms with Crippen LogP contribution in [0.3, 0.4) is 0 Å². The molecule has 4 heteroatoms. The maximum Gasteiger partial charge on any atom is 0.131 e. The zero-order chi connectivity index (χ0) is 11.0. The Kier molecular flexibility index (Phi) is 2.05. The second kappa shape index (κ2) is 3.43. The summed E-state index contributed by atoms with van der Waals surface area (Å²) in [6.45, 7) is 1.18. The quantitative estimate of drug-likeness (QED) is 0.774. The lowest BCUT2D eigenvalue weighted by atomic mass is 9.93. The molecule has 16 heavy (non-hydrogen) atoms. The zero-order valence-corrected chi connectivity index (χ0v) is 8.80. The molecule has 3 rings (SSSR count). The third kappa shape index (κ3) is 1.35. The summed E-state index contributed by atoms with van der Waals surface area (Å²) in [6.07, 6.45) is 1.72. The van der Waals surface area contributed by atoms with E-state index in [1.165, 1.54) is 0 Å². The summed E-state index contributed by atoms with van der Waals surface area (Å²) in [5.41, 5.74) is 1.05. The van der Waals surface area contributed by atoms with Crippen LogP contribution in [0.15, 0.2) is 42.6 Å². The van der Waals surface area contributed by atoms with Gasteiger partial charge >= 0.3 is 0 Å². The van der Waals surface area contributed by atoms with Crippen molar-refractivity contribution in [2.24, 2.45) is 0 Å². The Morgan fingerprint density at radius 3 is 2.56 bits per heavy atom. The van der Waals surface area contributed by atoms with Gasteiger partial charge in [-0.25, -0.2) is 4.68 Å². The van der Waals surface area contributed by atoms with Crippen molar-refractivity contribution in [3.05, 3.63) is 48.3 Å². The molecule has 0 aliphatic carbocycles. The van der Waals surface area contributed by atoms with Crippen LogP contribution in [0.5, 0.6) is 0 Å². The average Bonchev–Trinajstić information content (AvgIpc) is 2.76. The number of aromatic nitrogens is 2. The Hall–Kier alpha value is -1.65. The molecule has 1 aromatic heterocycles. The van der Waals surface area contributed by atoms with Crippen molar-refractivity contribution in [2.45, 2.75) is 5.60 Å². The maximum absolute atomic E-state index is 10.3. The predicted molar refractivity (Wildman–Crippen MR) is 60.3 cm³/mol. The number of rotatable bonds is 2. The molecule has 0 bridgehead atoms. The van der Waals surface area contributed by atoms with Gasteiger partial charge in [0.25, 0.3) is 0 Å². The van der Waals surface area contributed by atoms with Gasteiger partial charge in [-0.2, -0.15) is 5.10 Å². The Labute approximate surface area is 93.5 Å². The van der Waals surface area contributed by atoms with Crippen molar-refractivity contribution in [3.8, 4) is 5.69 Å². The van der Waals surface area contributed by atoms with E-state index >= 15 is 0 Å². The number of aliphatic hydroxyl groups is 1. The highest BCUT2D eigenvalue weighted by molar-refractivity contribution is 5.34. The Bertz CT molecular complexity index is 488. The fourth-order valence-electron chi connectivity index (χ4n) is 1.97. The van der Waals surface area contributed by atoms with Crippen LogP contribution in [-0.4, -0.2) is 28.0 Å². The molecule has 1 fully saturated rings. The minimum absolute atomic E-state index is 0.589. The van der Waals surface area contributed by atoms with Gasteiger partial charge < -0.3 is 10.4 Å². The molecule has 0 saturated carbocycles. The Morgan fingerprint density at radius 1 is 1.19 bits per heavy atom. The highest BCUT2D eigenvalue weighted by Gasteiger charge is 2.39. The van der Waals surface area contributed by atoms with Gasteiger partial charge in [-0.15, -0.1) is 0 Å². The summed E-state index contributed by atoms with van der Waals surface area (Å²) >= 11 is 0. The molecule has 0 radical (unpaired) electrons. The van der Waals surface area contributed by atoms with E-state index in [9.17, 15) is 5.11 Å². The van der Waals surface area contributed by atoms with Crippen LogP contribution in [0.4, 0.5) is 0 Å². The maximum atomic E-state index is 10.3. The molecule has 1 aromatic carbocycles. The predicted octanol–water partition coefficient (Wildman–Crippen LogP) is 0.663. The number of β-amino-alcohol motifs (C(OH)–C–C–N with tert-alkyl or cyclic N) is 1. The fraction of sp³-hybridized carbons (Fsp3) is 0.250. The van der Waals surface area contributed by atoms with Crippen LogP contribution < -0.4 is 5.32 Å². The first-order valence-electron chi connectivity index (χ1n) is 5.33. The number of nitrogens with one attached hydrogen (secondary N) is 1. The van der Waals surface area contributed by atoms with Crippen LogP contribution >= 0.6 is 0 Å². The first kappa shape index (κ1) is 9.57. The number of hydrogen-bond donors (Lipinski definition) is 2. The number of nitrogens with zero attached hydrogens (tertiary/aromatic N) is 2. The molecule has 4 nitrogen and oxygen atoms in total. The Morgan fingerprint density at radius 2 is 1.94 bits per heavy atom. The summed E-state index contributed by atoms with van der Waals surface area (Å²) in [5.74, 6) is 0. The molecular weight excluding hydrogens is 202 g/mol. The van der Waals surface area contributed by atoms with E-state index in [4.69, 9.17) is 0 Å². The largest absolute Gasteiger partial charge is 0.381 e. The molecule has 0 amide bonds. The van der Waals surface area contributed by atoms with E-state index < -0.39 is 5.60 Å². The SMILES string of the molecule is OC1(c2ccnn2-c2ccccc2)CNC1. The molecule has 1 aliphatic rings. The van der Waals surface area contributed by atoms with E-state index in [2.05, 4.69) is 10.4 Å². The van der Waals surface area contributed by atoms with Gasteiger partial charge in [0.2, 0.25) is 0 Å². The van der Waals surface area contributed by atoms with Crippen LogP contribution in [0.1, 0.15) is 5.69 Å². The first-order chi connectivity index (χ1) is 7.80. The molecule has 2 N–H and O–H groups in total. The molecule has 2 aromatic rings. The summed E-state index contributed by atoms with van der Waals surface area (Å²) in [7, 11) is 0. The van der Waals surface area contributed by atoms with Crippen molar-refractivity contribution in [2.75, 3.05) is 13.1 Å². The first-order valence-corrected chi connectivity index (χ1v) is 5.33. The normalized spacial score (nSPS) is 18.1. The standard InChI is InChI=1S/C12H13N3O/c16-12(8-13-9-12)11-6-7-14-15(11)10-4-2-1-3-5-10/h1-7,13,16H,8-9H2. The van der Waals surface area contributed by atoms with Crippen LogP contribution in [-0.2, 0) is 5.60 Å². The molecule has 0 atom stereocenters. The molecule has 0 unspecified atom stereocenters. The average molecular weight is 215 g/mol. The van der Waals surface area contributed by atoms with E-state index in [0.29, 0.717) is 13.1 Å². The molecule has 82 valence electrons. The lowest BCUT2D eigenvalue weighted by molar-refractivity contribution is -0.0206. The molecular formula is C12H13N3O. The van der Waals surface area contributed by atoms with Crippen molar-refractivity contribution >= 4 is 0 Å². The zero-order valence-electron chi connectivity index (χ0n) is 8.80. The molecule has 2 heterocycles. The molecule has 1 aliphatic heterocycles. The summed E-state index contributed by atoms with van der Waals surface area (Å²) in [4.78, 5) is 0. The third-order valence-electron chi connectivity index (χ3n) is 2.96. The van der Waals surface area contributed by atoms with Crippen molar-refractivity contribution in [1.82, 2.24) is 15.1 Å². The summed E-state index contributed by atoms with van der Waals surface area (Å²) < 4.78 is 1.79. The molecule has 1 saturated heterocycles. The fourth-order valence-corrected chi connectivity index (χ4v) is 1.97. The Balaban J connectivity index is 2.06. The number of hydrogen-bond acceptors (Lipinski definition) is 3. The lowest BCUT2D eigenvalue weighted by Crippen LogP contribution is -2.57. The van der Waals surface area contributed by atoms with Crippen molar-refractivity contribution in [3.63, 3.8) is 0 Å². The summed E-state index contributed by atoms with van der Waals surface area (Å²) in [6, 6.07) is 11.7. The highest BCUT2D eigenvalue weighted by Crippen LogP contribution is 2.26. The number of benzene rings is 1. The monoisotopic (exact) mass is 215 g/mol. The van der Waals surface area contributed by atoms with Gasteiger partial charge in [-0.1, -0.05) is 18.2 Å². The minimum atomic E-state index is -0.771. The lowest BCUT2D eigenvalue weighted by Gasteiger charge is -2.37. The third-order valence-corrected chi connectivity index (χ3v) is 2.96. The van der Waals surface area contributed by atoms with Gasteiger partial charge in [-0.3, -0.25) is 0 Å². The van der Waals surface area contributed by atoms with E-state index in [1.54, 1.807) is 10.9 Å². The van der Waals surface area contributed by atoms with Gasteiger partial charge in [-0.05, 0) is 18.2 Å².